The minimum atomic E-state index is -4.00. The predicted molar refractivity (Wildman–Crippen MR) is 104 cm³/mol. The van der Waals surface area contributed by atoms with Crippen LogP contribution in [0.4, 0.5) is 10.1 Å². The fourth-order valence-corrected chi connectivity index (χ4v) is 4.58. The molecular formula is C20H14FNO3S2. The number of halogens is 1. The number of fused-ring (bicyclic) bond motifs is 1. The minimum absolute atomic E-state index is 0.157. The Morgan fingerprint density at radius 3 is 2.41 bits per heavy atom. The van der Waals surface area contributed by atoms with Crippen LogP contribution in [-0.2, 0) is 10.0 Å². The van der Waals surface area contributed by atoms with Crippen LogP contribution in [0.3, 0.4) is 0 Å². The minimum Gasteiger partial charge on any atom is -0.443 e. The SMILES string of the molecule is O=S(=O)(Nc1cc(F)ccc1Sc1ccccc1)c1cc2ccccc2o1. The molecule has 0 aliphatic rings. The highest BCUT2D eigenvalue weighted by molar-refractivity contribution is 7.99. The van der Waals surface area contributed by atoms with Gasteiger partial charge in [-0.3, -0.25) is 4.72 Å². The van der Waals surface area contributed by atoms with Crippen molar-refractivity contribution < 1.29 is 17.2 Å². The summed E-state index contributed by atoms with van der Waals surface area (Å²) in [6.45, 7) is 0. The molecule has 0 saturated carbocycles. The van der Waals surface area contributed by atoms with Gasteiger partial charge in [0.25, 0.3) is 10.0 Å². The summed E-state index contributed by atoms with van der Waals surface area (Å²) in [6.07, 6.45) is 0. The molecule has 0 bridgehead atoms. The molecule has 1 aromatic heterocycles. The second-order valence-electron chi connectivity index (χ2n) is 5.76. The van der Waals surface area contributed by atoms with Crippen LogP contribution in [-0.4, -0.2) is 8.42 Å². The number of benzene rings is 3. The molecule has 27 heavy (non-hydrogen) atoms. The Morgan fingerprint density at radius 1 is 0.889 bits per heavy atom. The molecule has 1 heterocycles. The maximum absolute atomic E-state index is 13.8. The van der Waals surface area contributed by atoms with Crippen molar-refractivity contribution in [1.82, 2.24) is 0 Å². The number of anilines is 1. The largest absolute Gasteiger partial charge is 0.443 e. The molecule has 0 radical (unpaired) electrons. The Kier molecular flexibility index (Phi) is 4.63. The molecule has 0 saturated heterocycles. The van der Waals surface area contributed by atoms with Gasteiger partial charge in [0.15, 0.2) is 0 Å². The van der Waals surface area contributed by atoms with Crippen LogP contribution in [0.2, 0.25) is 0 Å². The molecule has 1 N–H and O–H groups in total. The van der Waals surface area contributed by atoms with Crippen molar-refractivity contribution in [2.75, 3.05) is 4.72 Å². The Bertz CT molecular complexity index is 1170. The first-order valence-corrected chi connectivity index (χ1v) is 10.4. The van der Waals surface area contributed by atoms with Crippen LogP contribution < -0.4 is 4.72 Å². The van der Waals surface area contributed by atoms with Gasteiger partial charge in [-0.1, -0.05) is 48.2 Å². The number of furan rings is 1. The van der Waals surface area contributed by atoms with Gasteiger partial charge in [-0.15, -0.1) is 0 Å². The molecule has 4 rings (SSSR count). The summed E-state index contributed by atoms with van der Waals surface area (Å²) in [5.74, 6) is -0.533. The van der Waals surface area contributed by atoms with Crippen molar-refractivity contribution in [2.45, 2.75) is 14.9 Å². The molecule has 0 unspecified atom stereocenters. The lowest BCUT2D eigenvalue weighted by molar-refractivity contribution is 0.484. The normalized spacial score (nSPS) is 11.6. The first kappa shape index (κ1) is 17.6. The highest BCUT2D eigenvalue weighted by Gasteiger charge is 2.21. The quantitative estimate of drug-likeness (QED) is 0.480. The summed E-state index contributed by atoms with van der Waals surface area (Å²) in [4.78, 5) is 1.50. The van der Waals surface area contributed by atoms with Gasteiger partial charge in [0.2, 0.25) is 5.09 Å². The number of hydrogen-bond donors (Lipinski definition) is 1. The molecule has 0 amide bonds. The lowest BCUT2D eigenvalue weighted by atomic mass is 10.3. The summed E-state index contributed by atoms with van der Waals surface area (Å²) < 4.78 is 47.1. The summed E-state index contributed by atoms with van der Waals surface area (Å²) in [5.41, 5.74) is 0.625. The van der Waals surface area contributed by atoms with Crippen molar-refractivity contribution >= 4 is 38.4 Å². The molecule has 0 fully saturated rings. The highest BCUT2D eigenvalue weighted by atomic mass is 32.2. The number of nitrogens with one attached hydrogen (secondary N) is 1. The van der Waals surface area contributed by atoms with Gasteiger partial charge in [0.1, 0.15) is 11.4 Å². The number of rotatable bonds is 5. The highest BCUT2D eigenvalue weighted by Crippen LogP contribution is 2.35. The van der Waals surface area contributed by atoms with E-state index in [4.69, 9.17) is 4.42 Å². The lowest BCUT2D eigenvalue weighted by Gasteiger charge is -2.11. The maximum atomic E-state index is 13.8. The fourth-order valence-electron chi connectivity index (χ4n) is 2.57. The van der Waals surface area contributed by atoms with Gasteiger partial charge in [-0.25, -0.2) is 4.39 Å². The fraction of sp³-hybridized carbons (Fsp3) is 0. The van der Waals surface area contributed by atoms with E-state index in [2.05, 4.69) is 4.72 Å². The van der Waals surface area contributed by atoms with Crippen molar-refractivity contribution in [1.29, 1.82) is 0 Å². The van der Waals surface area contributed by atoms with E-state index in [1.54, 1.807) is 30.3 Å². The standard InChI is InChI=1S/C20H14FNO3S2/c21-15-10-11-19(26-16-7-2-1-3-8-16)17(13-15)22-27(23,24)20-12-14-6-4-5-9-18(14)25-20/h1-13,22H. The Hall–Kier alpha value is -2.77. The third-order valence-electron chi connectivity index (χ3n) is 3.82. The van der Waals surface area contributed by atoms with Crippen LogP contribution >= 0.6 is 11.8 Å². The van der Waals surface area contributed by atoms with E-state index in [-0.39, 0.29) is 10.8 Å². The predicted octanol–water partition coefficient (Wildman–Crippen LogP) is 5.52. The lowest BCUT2D eigenvalue weighted by Crippen LogP contribution is -2.13. The van der Waals surface area contributed by atoms with Crippen LogP contribution in [0, 0.1) is 5.82 Å². The summed E-state index contributed by atoms with van der Waals surface area (Å²) >= 11 is 1.34. The van der Waals surface area contributed by atoms with Crippen LogP contribution in [0.5, 0.6) is 0 Å². The van der Waals surface area contributed by atoms with Crippen molar-refractivity contribution in [3.05, 3.63) is 84.7 Å². The van der Waals surface area contributed by atoms with E-state index in [0.717, 1.165) is 11.0 Å². The zero-order valence-corrected chi connectivity index (χ0v) is 15.6. The van der Waals surface area contributed by atoms with Gasteiger partial charge < -0.3 is 4.42 Å². The molecule has 0 atom stereocenters. The average Bonchev–Trinajstić information content (AvgIpc) is 3.10. The average molecular weight is 399 g/mol. The van der Waals surface area contributed by atoms with E-state index in [1.807, 2.05) is 30.3 Å². The number of para-hydroxylation sites is 1. The summed E-state index contributed by atoms with van der Waals surface area (Å²) in [6, 6.07) is 21.9. The van der Waals surface area contributed by atoms with Crippen molar-refractivity contribution in [3.63, 3.8) is 0 Å². The van der Waals surface area contributed by atoms with Crippen molar-refractivity contribution in [2.24, 2.45) is 0 Å². The number of hydrogen-bond acceptors (Lipinski definition) is 4. The Labute approximate surface area is 160 Å². The molecular weight excluding hydrogens is 385 g/mol. The van der Waals surface area contributed by atoms with E-state index in [0.29, 0.717) is 15.9 Å². The van der Waals surface area contributed by atoms with E-state index in [9.17, 15) is 12.8 Å². The summed E-state index contributed by atoms with van der Waals surface area (Å²) in [7, 11) is -4.00. The molecule has 4 nitrogen and oxygen atoms in total. The topological polar surface area (TPSA) is 59.3 Å². The van der Waals surface area contributed by atoms with Gasteiger partial charge in [-0.2, -0.15) is 8.42 Å². The van der Waals surface area contributed by atoms with Crippen molar-refractivity contribution in [3.8, 4) is 0 Å². The van der Waals surface area contributed by atoms with Gasteiger partial charge in [0.05, 0.1) is 5.69 Å². The molecule has 0 aliphatic heterocycles. The zero-order valence-electron chi connectivity index (χ0n) is 13.9. The first-order valence-electron chi connectivity index (χ1n) is 8.05. The molecule has 136 valence electrons. The summed E-state index contributed by atoms with van der Waals surface area (Å²) in [5, 5.41) is 0.458. The first-order chi connectivity index (χ1) is 13.0. The van der Waals surface area contributed by atoms with Crippen LogP contribution in [0.25, 0.3) is 11.0 Å². The second-order valence-corrected chi connectivity index (χ2v) is 8.49. The van der Waals surface area contributed by atoms with Crippen LogP contribution in [0.15, 0.2) is 98.2 Å². The maximum Gasteiger partial charge on any atom is 0.295 e. The van der Waals surface area contributed by atoms with E-state index in [1.165, 1.54) is 23.9 Å². The third-order valence-corrected chi connectivity index (χ3v) is 6.13. The smallest absolute Gasteiger partial charge is 0.295 e. The monoisotopic (exact) mass is 399 g/mol. The Balaban J connectivity index is 1.69. The number of sulfonamides is 1. The second kappa shape index (κ2) is 7.09. The molecule has 4 aromatic rings. The van der Waals surface area contributed by atoms with Gasteiger partial charge in [0, 0.05) is 21.2 Å². The molecule has 0 aliphatic carbocycles. The molecule has 0 spiro atoms. The van der Waals surface area contributed by atoms with E-state index >= 15 is 0 Å². The Morgan fingerprint density at radius 2 is 1.63 bits per heavy atom. The molecule has 7 heteroatoms. The molecule has 3 aromatic carbocycles. The van der Waals surface area contributed by atoms with Gasteiger partial charge >= 0.3 is 0 Å². The van der Waals surface area contributed by atoms with E-state index < -0.39 is 15.8 Å². The zero-order chi connectivity index (χ0) is 18.9. The van der Waals surface area contributed by atoms with Gasteiger partial charge in [-0.05, 0) is 36.4 Å². The van der Waals surface area contributed by atoms with Crippen LogP contribution in [0.1, 0.15) is 0 Å². The third kappa shape index (κ3) is 3.84.